The summed E-state index contributed by atoms with van der Waals surface area (Å²) in [5, 5.41) is 7.56. The molecule has 1 aliphatic heterocycles. The quantitative estimate of drug-likeness (QED) is 0.763. The average Bonchev–Trinajstić information content (AvgIpc) is 2.59. The fourth-order valence-corrected chi connectivity index (χ4v) is 1.61. The van der Waals surface area contributed by atoms with Crippen LogP contribution in [0.5, 0.6) is 0 Å². The van der Waals surface area contributed by atoms with E-state index in [1.165, 1.54) is 5.57 Å². The zero-order valence-electron chi connectivity index (χ0n) is 9.29. The van der Waals surface area contributed by atoms with Gasteiger partial charge >= 0.3 is 0 Å². The molecular formula is C11H17N3O. The Labute approximate surface area is 89.9 Å². The monoisotopic (exact) mass is 207 g/mol. The lowest BCUT2D eigenvalue weighted by molar-refractivity contribution is 0.150. The molecule has 4 heteroatoms. The van der Waals surface area contributed by atoms with Crippen molar-refractivity contribution >= 4 is 5.69 Å². The van der Waals surface area contributed by atoms with Gasteiger partial charge in [0.2, 0.25) is 0 Å². The fourth-order valence-electron chi connectivity index (χ4n) is 1.61. The van der Waals surface area contributed by atoms with Crippen LogP contribution in [0.15, 0.2) is 17.8 Å². The maximum absolute atomic E-state index is 5.38. The number of rotatable bonds is 3. The lowest BCUT2D eigenvalue weighted by atomic mass is 10.2. The molecule has 2 heterocycles. The Bertz CT molecular complexity index is 368. The van der Waals surface area contributed by atoms with E-state index in [0.717, 1.165) is 37.6 Å². The van der Waals surface area contributed by atoms with Gasteiger partial charge < -0.3 is 10.1 Å². The van der Waals surface area contributed by atoms with E-state index in [2.05, 4.69) is 23.4 Å². The minimum Gasteiger partial charge on any atom is -0.378 e. The Morgan fingerprint density at radius 3 is 3.07 bits per heavy atom. The second-order valence-electron chi connectivity index (χ2n) is 3.82. The van der Waals surface area contributed by atoms with Gasteiger partial charge in [0.1, 0.15) is 0 Å². The van der Waals surface area contributed by atoms with E-state index in [9.17, 15) is 0 Å². The van der Waals surface area contributed by atoms with Crippen molar-refractivity contribution in [2.45, 2.75) is 13.3 Å². The van der Waals surface area contributed by atoms with Crippen LogP contribution >= 0.6 is 0 Å². The van der Waals surface area contributed by atoms with Crippen molar-refractivity contribution in [2.24, 2.45) is 7.05 Å². The molecule has 0 aliphatic carbocycles. The first kappa shape index (κ1) is 10.2. The van der Waals surface area contributed by atoms with E-state index in [4.69, 9.17) is 4.74 Å². The molecule has 0 aromatic carbocycles. The zero-order chi connectivity index (χ0) is 10.7. The van der Waals surface area contributed by atoms with E-state index < -0.39 is 0 Å². The predicted molar refractivity (Wildman–Crippen MR) is 60.0 cm³/mol. The molecule has 0 saturated carbocycles. The first-order valence-electron chi connectivity index (χ1n) is 5.25. The number of hydrogen-bond acceptors (Lipinski definition) is 3. The van der Waals surface area contributed by atoms with Gasteiger partial charge in [-0.15, -0.1) is 0 Å². The van der Waals surface area contributed by atoms with Crippen molar-refractivity contribution in [2.75, 3.05) is 25.1 Å². The van der Waals surface area contributed by atoms with E-state index in [1.807, 2.05) is 17.9 Å². The molecular weight excluding hydrogens is 190 g/mol. The third-order valence-electron chi connectivity index (χ3n) is 2.72. The summed E-state index contributed by atoms with van der Waals surface area (Å²) >= 11 is 0. The number of aryl methyl sites for hydroxylation is 1. The number of aromatic nitrogens is 2. The molecule has 0 saturated heterocycles. The van der Waals surface area contributed by atoms with Crippen LogP contribution in [0, 0.1) is 6.92 Å². The Kier molecular flexibility index (Phi) is 3.06. The van der Waals surface area contributed by atoms with Gasteiger partial charge in [-0.1, -0.05) is 6.08 Å². The summed E-state index contributed by atoms with van der Waals surface area (Å²) in [4.78, 5) is 0. The Balaban J connectivity index is 1.92. The van der Waals surface area contributed by atoms with Gasteiger partial charge in [0, 0.05) is 13.6 Å². The molecule has 0 unspecified atom stereocenters. The summed E-state index contributed by atoms with van der Waals surface area (Å²) in [7, 11) is 1.95. The van der Waals surface area contributed by atoms with Gasteiger partial charge in [-0.05, 0) is 18.9 Å². The van der Waals surface area contributed by atoms with E-state index in [1.54, 1.807) is 0 Å². The van der Waals surface area contributed by atoms with Gasteiger partial charge in [0.15, 0.2) is 0 Å². The molecule has 1 N–H and O–H groups in total. The molecule has 0 bridgehead atoms. The number of anilines is 1. The average molecular weight is 207 g/mol. The van der Waals surface area contributed by atoms with Crippen molar-refractivity contribution < 1.29 is 4.74 Å². The summed E-state index contributed by atoms with van der Waals surface area (Å²) in [6.45, 7) is 4.52. The van der Waals surface area contributed by atoms with Gasteiger partial charge in [0.25, 0.3) is 0 Å². The molecule has 82 valence electrons. The highest BCUT2D eigenvalue weighted by molar-refractivity contribution is 5.46. The topological polar surface area (TPSA) is 39.1 Å². The van der Waals surface area contributed by atoms with Crippen LogP contribution in [0.2, 0.25) is 0 Å². The minimum absolute atomic E-state index is 0.756. The van der Waals surface area contributed by atoms with E-state index in [-0.39, 0.29) is 0 Å². The SMILES string of the molecule is Cc1c(NCC2=CCCOC2)cnn1C. The summed E-state index contributed by atoms with van der Waals surface area (Å²) in [5.41, 5.74) is 3.58. The molecule has 1 aromatic rings. The number of ether oxygens (including phenoxy) is 1. The largest absolute Gasteiger partial charge is 0.378 e. The lowest BCUT2D eigenvalue weighted by Gasteiger charge is -2.14. The highest BCUT2D eigenvalue weighted by Crippen LogP contribution is 2.13. The zero-order valence-corrected chi connectivity index (χ0v) is 9.29. The Morgan fingerprint density at radius 1 is 1.60 bits per heavy atom. The van der Waals surface area contributed by atoms with Crippen LogP contribution in [-0.4, -0.2) is 29.5 Å². The van der Waals surface area contributed by atoms with Gasteiger partial charge in [-0.25, -0.2) is 0 Å². The summed E-state index contributed by atoms with van der Waals surface area (Å²) in [5.74, 6) is 0. The molecule has 0 atom stereocenters. The molecule has 4 nitrogen and oxygen atoms in total. The van der Waals surface area contributed by atoms with E-state index >= 15 is 0 Å². The standard InChI is InChI=1S/C11H17N3O/c1-9-11(7-13-14(9)2)12-6-10-4-3-5-15-8-10/h4,7,12H,3,5-6,8H2,1-2H3. The fraction of sp³-hybridized carbons (Fsp3) is 0.545. The second-order valence-corrected chi connectivity index (χ2v) is 3.82. The predicted octanol–water partition coefficient (Wildman–Crippen LogP) is 1.49. The van der Waals surface area contributed by atoms with Crippen molar-refractivity contribution in [3.63, 3.8) is 0 Å². The molecule has 1 aromatic heterocycles. The van der Waals surface area contributed by atoms with Crippen LogP contribution in [0.3, 0.4) is 0 Å². The third kappa shape index (κ3) is 2.39. The van der Waals surface area contributed by atoms with E-state index in [0.29, 0.717) is 0 Å². The molecule has 2 rings (SSSR count). The first-order valence-corrected chi connectivity index (χ1v) is 5.25. The minimum atomic E-state index is 0.756. The summed E-state index contributed by atoms with van der Waals surface area (Å²) < 4.78 is 7.25. The van der Waals surface area contributed by atoms with Gasteiger partial charge in [-0.2, -0.15) is 5.10 Å². The highest BCUT2D eigenvalue weighted by Gasteiger charge is 2.06. The lowest BCUT2D eigenvalue weighted by Crippen LogP contribution is -2.14. The molecule has 0 spiro atoms. The maximum Gasteiger partial charge on any atom is 0.0758 e. The van der Waals surface area contributed by atoms with Crippen LogP contribution in [0.4, 0.5) is 5.69 Å². The smallest absolute Gasteiger partial charge is 0.0758 e. The number of nitrogens with zero attached hydrogens (tertiary/aromatic N) is 2. The van der Waals surface area contributed by atoms with Crippen molar-refractivity contribution in [3.05, 3.63) is 23.5 Å². The highest BCUT2D eigenvalue weighted by atomic mass is 16.5. The third-order valence-corrected chi connectivity index (χ3v) is 2.72. The van der Waals surface area contributed by atoms with Crippen molar-refractivity contribution in [3.8, 4) is 0 Å². The normalized spacial score (nSPS) is 16.3. The second kappa shape index (κ2) is 4.49. The summed E-state index contributed by atoms with van der Waals surface area (Å²) in [6.07, 6.45) is 5.14. The molecule has 15 heavy (non-hydrogen) atoms. The number of hydrogen-bond donors (Lipinski definition) is 1. The number of nitrogens with one attached hydrogen (secondary N) is 1. The van der Waals surface area contributed by atoms with Crippen molar-refractivity contribution in [1.29, 1.82) is 0 Å². The van der Waals surface area contributed by atoms with Crippen LogP contribution in [0.1, 0.15) is 12.1 Å². The summed E-state index contributed by atoms with van der Waals surface area (Å²) in [6, 6.07) is 0. The Morgan fingerprint density at radius 2 is 2.47 bits per heavy atom. The molecule has 0 amide bonds. The molecule has 0 fully saturated rings. The van der Waals surface area contributed by atoms with Gasteiger partial charge in [0.05, 0.1) is 30.8 Å². The van der Waals surface area contributed by atoms with Crippen LogP contribution < -0.4 is 5.32 Å². The van der Waals surface area contributed by atoms with Crippen LogP contribution in [0.25, 0.3) is 0 Å². The van der Waals surface area contributed by atoms with Crippen molar-refractivity contribution in [1.82, 2.24) is 9.78 Å². The Hall–Kier alpha value is -1.29. The van der Waals surface area contributed by atoms with Crippen LogP contribution in [-0.2, 0) is 11.8 Å². The first-order chi connectivity index (χ1) is 7.27. The molecule has 0 radical (unpaired) electrons. The molecule has 1 aliphatic rings. The van der Waals surface area contributed by atoms with Gasteiger partial charge in [-0.3, -0.25) is 4.68 Å². The maximum atomic E-state index is 5.38.